The van der Waals surface area contributed by atoms with Gasteiger partial charge in [0, 0.05) is 19.2 Å². The number of halogens is 2. The number of aryl methyl sites for hydroxylation is 1. The Morgan fingerprint density at radius 1 is 1.27 bits per heavy atom. The van der Waals surface area contributed by atoms with Gasteiger partial charge in [0.05, 0.1) is 13.2 Å². The van der Waals surface area contributed by atoms with Crippen LogP contribution in [0.1, 0.15) is 23.6 Å². The van der Waals surface area contributed by atoms with Crippen LogP contribution in [-0.4, -0.2) is 39.0 Å². The fourth-order valence-corrected chi connectivity index (χ4v) is 3.17. The van der Waals surface area contributed by atoms with Gasteiger partial charge in [0.15, 0.2) is 12.8 Å². The van der Waals surface area contributed by atoms with Crippen LogP contribution >= 0.6 is 24.0 Å². The van der Waals surface area contributed by atoms with Gasteiger partial charge in [0.1, 0.15) is 23.4 Å². The third kappa shape index (κ3) is 6.73. The first-order valence-corrected chi connectivity index (χ1v) is 9.75. The molecule has 1 unspecified atom stereocenters. The Morgan fingerprint density at radius 3 is 2.83 bits per heavy atom. The van der Waals surface area contributed by atoms with Crippen LogP contribution in [-0.2, 0) is 17.8 Å². The summed E-state index contributed by atoms with van der Waals surface area (Å²) in [5.74, 6) is 1.99. The molecule has 8 heteroatoms. The summed E-state index contributed by atoms with van der Waals surface area (Å²) in [7, 11) is 1.71. The van der Waals surface area contributed by atoms with Crippen LogP contribution in [0, 0.1) is 12.7 Å². The summed E-state index contributed by atoms with van der Waals surface area (Å²) in [5.41, 5.74) is 2.67. The van der Waals surface area contributed by atoms with E-state index in [9.17, 15) is 4.39 Å². The van der Waals surface area contributed by atoms with E-state index in [1.807, 2.05) is 38.1 Å². The minimum Gasteiger partial charge on any atom is -0.489 e. The van der Waals surface area contributed by atoms with E-state index in [4.69, 9.17) is 14.2 Å². The number of benzene rings is 2. The maximum absolute atomic E-state index is 13.8. The number of rotatable bonds is 7. The first-order chi connectivity index (χ1) is 14.1. The van der Waals surface area contributed by atoms with Gasteiger partial charge in [-0.3, -0.25) is 4.99 Å². The Labute approximate surface area is 194 Å². The topological polar surface area (TPSA) is 64.1 Å². The van der Waals surface area contributed by atoms with Crippen molar-refractivity contribution in [3.05, 3.63) is 58.9 Å². The van der Waals surface area contributed by atoms with Crippen LogP contribution in [0.15, 0.2) is 41.4 Å². The molecule has 0 bridgehead atoms. The molecule has 0 radical (unpaired) electrons. The molecular formula is C22H29FIN3O3. The van der Waals surface area contributed by atoms with Crippen molar-refractivity contribution in [2.24, 2.45) is 4.99 Å². The largest absolute Gasteiger partial charge is 0.489 e. The summed E-state index contributed by atoms with van der Waals surface area (Å²) < 4.78 is 30.6. The van der Waals surface area contributed by atoms with Crippen molar-refractivity contribution in [3.63, 3.8) is 0 Å². The zero-order valence-electron chi connectivity index (χ0n) is 17.5. The molecule has 1 aliphatic heterocycles. The molecule has 1 heterocycles. The van der Waals surface area contributed by atoms with Gasteiger partial charge >= 0.3 is 0 Å². The summed E-state index contributed by atoms with van der Waals surface area (Å²) >= 11 is 0. The molecule has 0 saturated carbocycles. The maximum Gasteiger partial charge on any atom is 0.191 e. The lowest BCUT2D eigenvalue weighted by molar-refractivity contribution is -0.0172. The second kappa shape index (κ2) is 11.9. The average Bonchev–Trinajstić information content (AvgIpc) is 2.72. The van der Waals surface area contributed by atoms with Crippen molar-refractivity contribution < 1.29 is 18.6 Å². The van der Waals surface area contributed by atoms with Gasteiger partial charge in [-0.15, -0.1) is 24.0 Å². The van der Waals surface area contributed by atoms with E-state index >= 15 is 0 Å². The van der Waals surface area contributed by atoms with Crippen LogP contribution in [0.5, 0.6) is 11.5 Å². The Balaban J connectivity index is 0.00000320. The van der Waals surface area contributed by atoms with Crippen LogP contribution in [0.25, 0.3) is 0 Å². The zero-order chi connectivity index (χ0) is 20.6. The molecule has 2 aromatic carbocycles. The number of nitrogens with zero attached hydrogens (tertiary/aromatic N) is 1. The fraction of sp³-hybridized carbons (Fsp3) is 0.409. The number of hydrogen-bond acceptors (Lipinski definition) is 4. The summed E-state index contributed by atoms with van der Waals surface area (Å²) in [5, 5.41) is 6.51. The second-order valence-corrected chi connectivity index (χ2v) is 6.99. The number of para-hydroxylation sites is 1. The van der Waals surface area contributed by atoms with Crippen LogP contribution in [0.3, 0.4) is 0 Å². The fourth-order valence-electron chi connectivity index (χ4n) is 3.17. The van der Waals surface area contributed by atoms with Crippen molar-refractivity contribution in [1.82, 2.24) is 10.6 Å². The molecule has 0 amide bonds. The Morgan fingerprint density at radius 2 is 2.07 bits per heavy atom. The highest BCUT2D eigenvalue weighted by Gasteiger charge is 2.17. The van der Waals surface area contributed by atoms with Gasteiger partial charge in [-0.2, -0.15) is 0 Å². The number of hydrogen-bond donors (Lipinski definition) is 2. The maximum atomic E-state index is 13.8. The normalized spacial score (nSPS) is 14.1. The Bertz CT molecular complexity index is 864. The number of nitrogens with one attached hydrogen (secondary N) is 2. The first kappa shape index (κ1) is 24.2. The van der Waals surface area contributed by atoms with Gasteiger partial charge in [-0.25, -0.2) is 4.39 Å². The number of ether oxygens (including phenoxy) is 3. The molecule has 0 saturated heterocycles. The van der Waals surface area contributed by atoms with E-state index in [-0.39, 0.29) is 42.7 Å². The average molecular weight is 529 g/mol. The monoisotopic (exact) mass is 529 g/mol. The molecule has 3 rings (SSSR count). The van der Waals surface area contributed by atoms with Gasteiger partial charge in [0.2, 0.25) is 0 Å². The van der Waals surface area contributed by atoms with E-state index in [0.29, 0.717) is 32.1 Å². The predicted molar refractivity (Wildman–Crippen MR) is 126 cm³/mol. The van der Waals surface area contributed by atoms with Crippen molar-refractivity contribution in [1.29, 1.82) is 0 Å². The quantitative estimate of drug-likeness (QED) is 0.325. The minimum absolute atomic E-state index is 0. The van der Waals surface area contributed by atoms with Gasteiger partial charge in [0.25, 0.3) is 0 Å². The van der Waals surface area contributed by atoms with Crippen molar-refractivity contribution in [2.75, 3.05) is 26.9 Å². The molecule has 164 valence electrons. The minimum atomic E-state index is -0.280. The highest BCUT2D eigenvalue weighted by atomic mass is 127. The van der Waals surface area contributed by atoms with E-state index < -0.39 is 0 Å². The van der Waals surface area contributed by atoms with Crippen molar-refractivity contribution in [2.45, 2.75) is 33.0 Å². The third-order valence-corrected chi connectivity index (χ3v) is 4.64. The highest BCUT2D eigenvalue weighted by molar-refractivity contribution is 14.0. The number of guanidine groups is 1. The second-order valence-electron chi connectivity index (χ2n) is 6.99. The lowest BCUT2D eigenvalue weighted by Gasteiger charge is -2.21. The van der Waals surface area contributed by atoms with Crippen LogP contribution < -0.4 is 20.1 Å². The van der Waals surface area contributed by atoms with Gasteiger partial charge < -0.3 is 24.8 Å². The predicted octanol–water partition coefficient (Wildman–Crippen LogP) is 3.79. The summed E-state index contributed by atoms with van der Waals surface area (Å²) in [6, 6.07) is 10.9. The van der Waals surface area contributed by atoms with Crippen LogP contribution in [0.4, 0.5) is 4.39 Å². The third-order valence-electron chi connectivity index (χ3n) is 4.64. The van der Waals surface area contributed by atoms with E-state index in [2.05, 4.69) is 15.6 Å². The Hall–Kier alpha value is -2.07. The van der Waals surface area contributed by atoms with E-state index in [1.165, 1.54) is 12.1 Å². The van der Waals surface area contributed by atoms with E-state index in [0.717, 1.165) is 28.2 Å². The lowest BCUT2D eigenvalue weighted by Crippen LogP contribution is -2.42. The molecule has 2 aromatic rings. The molecule has 2 N–H and O–H groups in total. The molecule has 1 atom stereocenters. The SMILES string of the molecule is CN=C(NCCc1cc(F)cc2c1OCOC2)NCC(C)Oc1ccccc1C.I. The van der Waals surface area contributed by atoms with Crippen molar-refractivity contribution >= 4 is 29.9 Å². The first-order valence-electron chi connectivity index (χ1n) is 9.75. The molecule has 0 aromatic heterocycles. The molecular weight excluding hydrogens is 500 g/mol. The van der Waals surface area contributed by atoms with Gasteiger partial charge in [-0.05, 0) is 49.6 Å². The molecule has 30 heavy (non-hydrogen) atoms. The molecule has 6 nitrogen and oxygen atoms in total. The smallest absolute Gasteiger partial charge is 0.191 e. The zero-order valence-corrected chi connectivity index (χ0v) is 19.9. The number of fused-ring (bicyclic) bond motifs is 1. The molecule has 0 spiro atoms. The van der Waals surface area contributed by atoms with Crippen LogP contribution in [0.2, 0.25) is 0 Å². The molecule has 0 fully saturated rings. The van der Waals surface area contributed by atoms with Gasteiger partial charge in [-0.1, -0.05) is 18.2 Å². The lowest BCUT2D eigenvalue weighted by atomic mass is 10.1. The Kier molecular flexibility index (Phi) is 9.64. The standard InChI is InChI=1S/C22H28FN3O3.HI/c1-15-6-4-5-7-20(15)29-16(2)12-26-22(24-3)25-9-8-17-10-19(23)11-18-13-27-14-28-21(17)18;/h4-7,10-11,16H,8-9,12-14H2,1-3H3,(H2,24,25,26);1H. The number of aliphatic imine (C=N–C) groups is 1. The van der Waals surface area contributed by atoms with E-state index in [1.54, 1.807) is 7.05 Å². The summed E-state index contributed by atoms with van der Waals surface area (Å²) in [6.07, 6.45) is 0.578. The summed E-state index contributed by atoms with van der Waals surface area (Å²) in [4.78, 5) is 4.23. The molecule has 0 aliphatic carbocycles. The highest BCUT2D eigenvalue weighted by Crippen LogP contribution is 2.29. The summed E-state index contributed by atoms with van der Waals surface area (Å²) in [6.45, 7) is 5.79. The van der Waals surface area contributed by atoms with Crippen molar-refractivity contribution in [3.8, 4) is 11.5 Å². The molecule has 1 aliphatic rings.